The predicted octanol–water partition coefficient (Wildman–Crippen LogP) is 5.48. The molecule has 1 saturated heterocycles. The van der Waals surface area contributed by atoms with Gasteiger partial charge in [-0.3, -0.25) is 5.10 Å². The number of phenols is 1. The topological polar surface area (TPSA) is 88.8 Å². The van der Waals surface area contributed by atoms with Crippen molar-refractivity contribution in [2.75, 3.05) is 18.0 Å². The van der Waals surface area contributed by atoms with Gasteiger partial charge in [-0.25, -0.2) is 4.98 Å². The third-order valence-corrected chi connectivity index (χ3v) is 6.34. The molecule has 0 bridgehead atoms. The number of anilines is 1. The van der Waals surface area contributed by atoms with E-state index < -0.39 is 0 Å². The highest BCUT2D eigenvalue weighted by Gasteiger charge is 2.22. The number of aromatic nitrogens is 3. The number of aryl methyl sites for hydroxylation is 2. The summed E-state index contributed by atoms with van der Waals surface area (Å²) in [6.45, 7) is 6.04. The van der Waals surface area contributed by atoms with Crippen molar-refractivity contribution in [1.29, 1.82) is 5.26 Å². The molecule has 2 aromatic carbocycles. The normalized spacial score (nSPS) is 14.0. The Bertz CT molecular complexity index is 1340. The second kappa shape index (κ2) is 8.01. The largest absolute Gasteiger partial charge is 0.508 e. The molecular formula is C26H25N5O. The van der Waals surface area contributed by atoms with Crippen molar-refractivity contribution in [3.05, 3.63) is 59.3 Å². The van der Waals surface area contributed by atoms with Gasteiger partial charge in [0.05, 0.1) is 16.6 Å². The van der Waals surface area contributed by atoms with Crippen molar-refractivity contribution in [2.45, 2.75) is 33.1 Å². The van der Waals surface area contributed by atoms with Gasteiger partial charge in [-0.05, 0) is 74.6 Å². The SMILES string of the molecule is Cc1cc(O)ccc1-c1nc2n[nH]c(C)c2c(-c2ccc(N3CCCCC3)cc2)c1C#N. The number of rotatable bonds is 3. The zero-order chi connectivity index (χ0) is 22.2. The molecule has 5 rings (SSSR count). The molecule has 32 heavy (non-hydrogen) atoms. The summed E-state index contributed by atoms with van der Waals surface area (Å²) in [5.74, 6) is 0.190. The maximum atomic E-state index is 10.2. The van der Waals surface area contributed by atoms with Gasteiger partial charge in [0, 0.05) is 35.6 Å². The molecule has 1 aliphatic heterocycles. The number of hydrogen-bond donors (Lipinski definition) is 2. The number of aromatic hydroxyl groups is 1. The maximum Gasteiger partial charge on any atom is 0.182 e. The summed E-state index contributed by atoms with van der Waals surface area (Å²) in [5, 5.41) is 28.4. The lowest BCUT2D eigenvalue weighted by Crippen LogP contribution is -2.29. The van der Waals surface area contributed by atoms with Crippen molar-refractivity contribution in [3.63, 3.8) is 0 Å². The van der Waals surface area contributed by atoms with Crippen LogP contribution in [0, 0.1) is 25.2 Å². The molecule has 6 nitrogen and oxygen atoms in total. The number of hydrogen-bond acceptors (Lipinski definition) is 5. The number of nitrogens with one attached hydrogen (secondary N) is 1. The van der Waals surface area contributed by atoms with Gasteiger partial charge in [0.2, 0.25) is 0 Å². The van der Waals surface area contributed by atoms with E-state index in [1.54, 1.807) is 12.1 Å². The van der Waals surface area contributed by atoms with Gasteiger partial charge < -0.3 is 10.0 Å². The summed E-state index contributed by atoms with van der Waals surface area (Å²) >= 11 is 0. The van der Waals surface area contributed by atoms with E-state index in [1.165, 1.54) is 24.9 Å². The molecule has 2 aromatic heterocycles. The molecule has 0 saturated carbocycles. The minimum atomic E-state index is 0.190. The zero-order valence-electron chi connectivity index (χ0n) is 18.3. The molecule has 4 aromatic rings. The molecule has 1 aliphatic rings. The van der Waals surface area contributed by atoms with E-state index in [9.17, 15) is 10.4 Å². The molecule has 1 fully saturated rings. The lowest BCUT2D eigenvalue weighted by atomic mass is 9.92. The van der Waals surface area contributed by atoms with E-state index in [-0.39, 0.29) is 5.75 Å². The summed E-state index contributed by atoms with van der Waals surface area (Å²) in [4.78, 5) is 7.18. The molecule has 0 radical (unpaired) electrons. The number of H-pyrrole nitrogens is 1. The first-order valence-corrected chi connectivity index (χ1v) is 11.0. The summed E-state index contributed by atoms with van der Waals surface area (Å²) in [6.07, 6.45) is 3.76. The third kappa shape index (κ3) is 3.36. The van der Waals surface area contributed by atoms with Gasteiger partial charge in [-0.2, -0.15) is 10.4 Å². The molecule has 0 aliphatic carbocycles. The van der Waals surface area contributed by atoms with Gasteiger partial charge in [-0.1, -0.05) is 12.1 Å². The molecule has 160 valence electrons. The monoisotopic (exact) mass is 423 g/mol. The van der Waals surface area contributed by atoms with Crippen molar-refractivity contribution in [2.24, 2.45) is 0 Å². The highest BCUT2D eigenvalue weighted by molar-refractivity contribution is 6.01. The van der Waals surface area contributed by atoms with Crippen molar-refractivity contribution >= 4 is 16.7 Å². The van der Waals surface area contributed by atoms with Crippen LogP contribution in [-0.2, 0) is 0 Å². The fourth-order valence-electron chi connectivity index (χ4n) is 4.70. The lowest BCUT2D eigenvalue weighted by molar-refractivity contribution is 0.475. The van der Waals surface area contributed by atoms with Crippen molar-refractivity contribution in [3.8, 4) is 34.2 Å². The average molecular weight is 424 g/mol. The van der Waals surface area contributed by atoms with Crippen LogP contribution >= 0.6 is 0 Å². The van der Waals surface area contributed by atoms with Crippen LogP contribution in [0.1, 0.15) is 36.1 Å². The number of nitriles is 1. The average Bonchev–Trinajstić information content (AvgIpc) is 3.19. The van der Waals surface area contributed by atoms with Gasteiger partial charge in [0.15, 0.2) is 5.65 Å². The molecular weight excluding hydrogens is 398 g/mol. The van der Waals surface area contributed by atoms with Gasteiger partial charge in [0.1, 0.15) is 11.8 Å². The van der Waals surface area contributed by atoms with Gasteiger partial charge >= 0.3 is 0 Å². The first-order chi connectivity index (χ1) is 15.6. The highest BCUT2D eigenvalue weighted by Crippen LogP contribution is 2.39. The van der Waals surface area contributed by atoms with Gasteiger partial charge in [0.25, 0.3) is 0 Å². The summed E-state index contributed by atoms with van der Waals surface area (Å²) < 4.78 is 0. The van der Waals surface area contributed by atoms with E-state index in [2.05, 4.69) is 45.4 Å². The smallest absolute Gasteiger partial charge is 0.182 e. The number of benzene rings is 2. The number of fused-ring (bicyclic) bond motifs is 1. The van der Waals surface area contributed by atoms with E-state index in [1.807, 2.05) is 19.9 Å². The van der Waals surface area contributed by atoms with Crippen molar-refractivity contribution < 1.29 is 5.11 Å². The first kappa shape index (κ1) is 20.1. The number of piperidine rings is 1. The van der Waals surface area contributed by atoms with Crippen LogP contribution in [0.5, 0.6) is 5.75 Å². The van der Waals surface area contributed by atoms with Crippen molar-refractivity contribution in [1.82, 2.24) is 15.2 Å². The van der Waals surface area contributed by atoms with Crippen LogP contribution < -0.4 is 4.90 Å². The number of pyridine rings is 1. The van der Waals surface area contributed by atoms with Crippen LogP contribution in [0.2, 0.25) is 0 Å². The maximum absolute atomic E-state index is 10.2. The fourth-order valence-corrected chi connectivity index (χ4v) is 4.70. The summed E-state index contributed by atoms with van der Waals surface area (Å²) in [5.41, 5.74) is 7.26. The fraction of sp³-hybridized carbons (Fsp3) is 0.269. The Kier molecular flexibility index (Phi) is 5.02. The second-order valence-electron chi connectivity index (χ2n) is 8.46. The number of phenolic OH excluding ortho intramolecular Hbond substituents is 1. The minimum absolute atomic E-state index is 0.190. The summed E-state index contributed by atoms with van der Waals surface area (Å²) in [6, 6.07) is 16.0. The Hall–Kier alpha value is -3.85. The Balaban J connectivity index is 1.71. The zero-order valence-corrected chi connectivity index (χ0v) is 18.3. The third-order valence-electron chi connectivity index (χ3n) is 6.34. The standard InChI is InChI=1S/C26H25N5O/c1-16-14-20(32)10-11-21(16)25-22(15-27)24(23-17(2)29-30-26(23)28-25)18-6-8-19(9-7-18)31-12-4-3-5-13-31/h6-11,14,32H,3-5,12-13H2,1-2H3,(H,28,29,30). The molecule has 0 unspecified atom stereocenters. The van der Waals surface area contributed by atoms with Crippen LogP contribution in [0.25, 0.3) is 33.4 Å². The van der Waals surface area contributed by atoms with Gasteiger partial charge in [-0.15, -0.1) is 0 Å². The van der Waals surface area contributed by atoms with E-state index >= 15 is 0 Å². The molecule has 6 heteroatoms. The Labute approximate surface area is 187 Å². The van der Waals surface area contributed by atoms with Crippen LogP contribution in [0.15, 0.2) is 42.5 Å². The van der Waals surface area contributed by atoms with E-state index in [0.29, 0.717) is 16.9 Å². The Morgan fingerprint density at radius 3 is 2.47 bits per heavy atom. The number of nitrogens with zero attached hydrogens (tertiary/aromatic N) is 4. The molecule has 3 heterocycles. The quantitative estimate of drug-likeness (QED) is 0.456. The second-order valence-corrected chi connectivity index (χ2v) is 8.46. The van der Waals surface area contributed by atoms with Crippen LogP contribution in [-0.4, -0.2) is 33.4 Å². The highest BCUT2D eigenvalue weighted by atomic mass is 16.3. The van der Waals surface area contributed by atoms with E-state index in [4.69, 9.17) is 4.98 Å². The molecule has 2 N–H and O–H groups in total. The molecule has 0 amide bonds. The number of aromatic amines is 1. The minimum Gasteiger partial charge on any atom is -0.508 e. The molecule has 0 atom stereocenters. The van der Waals surface area contributed by atoms with Crippen LogP contribution in [0.4, 0.5) is 5.69 Å². The Morgan fingerprint density at radius 2 is 1.78 bits per heavy atom. The van der Waals surface area contributed by atoms with E-state index in [0.717, 1.165) is 46.4 Å². The molecule has 0 spiro atoms. The van der Waals surface area contributed by atoms with Crippen LogP contribution in [0.3, 0.4) is 0 Å². The lowest BCUT2D eigenvalue weighted by Gasteiger charge is -2.29. The summed E-state index contributed by atoms with van der Waals surface area (Å²) in [7, 11) is 0. The Morgan fingerprint density at radius 1 is 1.03 bits per heavy atom. The predicted molar refractivity (Wildman–Crippen MR) is 127 cm³/mol. The first-order valence-electron chi connectivity index (χ1n) is 11.0.